The average molecular weight is 275 g/mol. The molecule has 0 N–H and O–H groups in total. The number of hydrogen-bond donors (Lipinski definition) is 0. The lowest BCUT2D eigenvalue weighted by Gasteiger charge is -2.21. The van der Waals surface area contributed by atoms with Crippen molar-refractivity contribution in [2.75, 3.05) is 19.8 Å². The summed E-state index contributed by atoms with van der Waals surface area (Å²) < 4.78 is 10.5. The lowest BCUT2D eigenvalue weighted by Crippen LogP contribution is -2.36. The molecule has 1 atom stereocenters. The Morgan fingerprint density at radius 1 is 1.29 bits per heavy atom. The molecule has 92 valence electrons. The normalized spacial score (nSPS) is 20.2. The highest BCUT2D eigenvalue weighted by atomic mass is 35.5. The van der Waals surface area contributed by atoms with E-state index in [0.717, 1.165) is 5.56 Å². The molecule has 2 rings (SSSR count). The second kappa shape index (κ2) is 5.83. The molecule has 1 heterocycles. The maximum Gasteiger partial charge on any atom is 0.168 e. The Bertz CT molecular complexity index is 414. The molecule has 0 spiro atoms. The number of rotatable bonds is 3. The summed E-state index contributed by atoms with van der Waals surface area (Å²) in [4.78, 5) is 11.9. The van der Waals surface area contributed by atoms with E-state index >= 15 is 0 Å². The van der Waals surface area contributed by atoms with Crippen LogP contribution in [0.1, 0.15) is 5.56 Å². The van der Waals surface area contributed by atoms with Crippen molar-refractivity contribution in [1.29, 1.82) is 0 Å². The molecule has 5 heteroatoms. The molecular formula is C12H12Cl2O3. The van der Waals surface area contributed by atoms with Crippen molar-refractivity contribution >= 4 is 29.0 Å². The van der Waals surface area contributed by atoms with E-state index in [2.05, 4.69) is 0 Å². The zero-order valence-corrected chi connectivity index (χ0v) is 10.6. The summed E-state index contributed by atoms with van der Waals surface area (Å²) in [6.45, 7) is 1.36. The van der Waals surface area contributed by atoms with Crippen LogP contribution in [0.15, 0.2) is 18.2 Å². The van der Waals surface area contributed by atoms with Crippen molar-refractivity contribution in [1.82, 2.24) is 0 Å². The van der Waals surface area contributed by atoms with Gasteiger partial charge in [0.15, 0.2) is 5.78 Å². The number of ketones is 1. The van der Waals surface area contributed by atoms with E-state index in [1.165, 1.54) is 0 Å². The van der Waals surface area contributed by atoms with Gasteiger partial charge in [0.1, 0.15) is 6.10 Å². The van der Waals surface area contributed by atoms with Crippen molar-refractivity contribution < 1.29 is 14.3 Å². The molecule has 1 unspecified atom stereocenters. The Hall–Kier alpha value is -0.610. The first-order valence-electron chi connectivity index (χ1n) is 5.33. The first-order chi connectivity index (χ1) is 8.16. The van der Waals surface area contributed by atoms with Gasteiger partial charge < -0.3 is 9.47 Å². The SMILES string of the molecule is O=C(Cc1ccc(Cl)c(Cl)c1)C1COCCO1. The summed E-state index contributed by atoms with van der Waals surface area (Å²) in [5.74, 6) is 0.00286. The van der Waals surface area contributed by atoms with Crippen LogP contribution in [0.5, 0.6) is 0 Å². The second-order valence-electron chi connectivity index (χ2n) is 3.83. The lowest BCUT2D eigenvalue weighted by atomic mass is 10.1. The van der Waals surface area contributed by atoms with E-state index in [1.54, 1.807) is 18.2 Å². The minimum absolute atomic E-state index is 0.00286. The van der Waals surface area contributed by atoms with Gasteiger partial charge in [-0.15, -0.1) is 0 Å². The smallest absolute Gasteiger partial charge is 0.168 e. The molecule has 0 aromatic heterocycles. The molecule has 0 radical (unpaired) electrons. The van der Waals surface area contributed by atoms with Gasteiger partial charge in [-0.2, -0.15) is 0 Å². The van der Waals surface area contributed by atoms with E-state index in [4.69, 9.17) is 32.7 Å². The van der Waals surface area contributed by atoms with Gasteiger partial charge in [-0.25, -0.2) is 0 Å². The van der Waals surface area contributed by atoms with Crippen molar-refractivity contribution in [3.63, 3.8) is 0 Å². The van der Waals surface area contributed by atoms with Gasteiger partial charge in [0.05, 0.1) is 29.9 Å². The topological polar surface area (TPSA) is 35.5 Å². The molecule has 0 saturated carbocycles. The number of halogens is 2. The van der Waals surface area contributed by atoms with Crippen LogP contribution >= 0.6 is 23.2 Å². The van der Waals surface area contributed by atoms with Gasteiger partial charge in [-0.3, -0.25) is 4.79 Å². The Morgan fingerprint density at radius 2 is 2.12 bits per heavy atom. The maximum absolute atomic E-state index is 11.9. The summed E-state index contributed by atoms with van der Waals surface area (Å²) in [5, 5.41) is 0.942. The molecular weight excluding hydrogens is 263 g/mol. The Morgan fingerprint density at radius 3 is 2.76 bits per heavy atom. The monoisotopic (exact) mass is 274 g/mol. The highest BCUT2D eigenvalue weighted by Gasteiger charge is 2.22. The van der Waals surface area contributed by atoms with E-state index < -0.39 is 6.10 Å². The highest BCUT2D eigenvalue weighted by molar-refractivity contribution is 6.42. The molecule has 1 saturated heterocycles. The van der Waals surface area contributed by atoms with Gasteiger partial charge in [0.25, 0.3) is 0 Å². The van der Waals surface area contributed by atoms with Gasteiger partial charge in [0, 0.05) is 6.42 Å². The van der Waals surface area contributed by atoms with Gasteiger partial charge in [-0.1, -0.05) is 29.3 Å². The average Bonchev–Trinajstić information content (AvgIpc) is 2.35. The fourth-order valence-electron chi connectivity index (χ4n) is 1.64. The largest absolute Gasteiger partial charge is 0.376 e. The number of benzene rings is 1. The van der Waals surface area contributed by atoms with Crippen LogP contribution in [0.2, 0.25) is 10.0 Å². The summed E-state index contributed by atoms with van der Waals surface area (Å²) in [6, 6.07) is 5.17. The third kappa shape index (κ3) is 3.42. The summed E-state index contributed by atoms with van der Waals surface area (Å²) in [5.41, 5.74) is 0.832. The van der Waals surface area contributed by atoms with E-state index in [1.807, 2.05) is 0 Å². The third-order valence-electron chi connectivity index (χ3n) is 2.54. The zero-order chi connectivity index (χ0) is 12.3. The molecule has 1 aromatic rings. The highest BCUT2D eigenvalue weighted by Crippen LogP contribution is 2.23. The lowest BCUT2D eigenvalue weighted by molar-refractivity contribution is -0.144. The van der Waals surface area contributed by atoms with Gasteiger partial charge in [-0.05, 0) is 17.7 Å². The van der Waals surface area contributed by atoms with Crippen LogP contribution in [0, 0.1) is 0 Å². The van der Waals surface area contributed by atoms with Crippen molar-refractivity contribution in [2.24, 2.45) is 0 Å². The van der Waals surface area contributed by atoms with Crippen LogP contribution in [0.3, 0.4) is 0 Å². The van der Waals surface area contributed by atoms with E-state index in [-0.39, 0.29) is 12.2 Å². The molecule has 0 bridgehead atoms. The minimum Gasteiger partial charge on any atom is -0.376 e. The first kappa shape index (κ1) is 12.8. The van der Waals surface area contributed by atoms with Gasteiger partial charge in [0.2, 0.25) is 0 Å². The molecule has 1 aliphatic rings. The number of carbonyl (C=O) groups is 1. The third-order valence-corrected chi connectivity index (χ3v) is 3.28. The van der Waals surface area contributed by atoms with Crippen molar-refractivity contribution in [2.45, 2.75) is 12.5 Å². The summed E-state index contributed by atoms with van der Waals surface area (Å²) in [6.07, 6.45) is -0.177. The Balaban J connectivity index is 1.99. The van der Waals surface area contributed by atoms with Crippen molar-refractivity contribution in [3.05, 3.63) is 33.8 Å². The molecule has 3 nitrogen and oxygen atoms in total. The standard InChI is InChI=1S/C12H12Cl2O3/c13-9-2-1-8(5-10(9)14)6-11(15)12-7-16-3-4-17-12/h1-2,5,12H,3-4,6-7H2. The first-order valence-corrected chi connectivity index (χ1v) is 6.08. The quantitative estimate of drug-likeness (QED) is 0.850. The van der Waals surface area contributed by atoms with Crippen LogP contribution in [-0.4, -0.2) is 31.7 Å². The number of hydrogen-bond acceptors (Lipinski definition) is 3. The van der Waals surface area contributed by atoms with Crippen LogP contribution in [0.4, 0.5) is 0 Å². The van der Waals surface area contributed by atoms with Crippen molar-refractivity contribution in [3.8, 4) is 0 Å². The fraction of sp³-hybridized carbons (Fsp3) is 0.417. The minimum atomic E-state index is -0.460. The van der Waals surface area contributed by atoms with Gasteiger partial charge >= 0.3 is 0 Å². The van der Waals surface area contributed by atoms with E-state index in [9.17, 15) is 4.79 Å². The van der Waals surface area contributed by atoms with Crippen LogP contribution < -0.4 is 0 Å². The second-order valence-corrected chi connectivity index (χ2v) is 4.64. The predicted molar refractivity (Wildman–Crippen MR) is 65.7 cm³/mol. The Labute approximate surface area is 110 Å². The molecule has 0 aliphatic carbocycles. The molecule has 1 fully saturated rings. The maximum atomic E-state index is 11.9. The van der Waals surface area contributed by atoms with E-state index in [0.29, 0.717) is 29.9 Å². The number of carbonyl (C=O) groups excluding carboxylic acids is 1. The number of Topliss-reactive ketones (excluding diaryl/α,β-unsaturated/α-hetero) is 1. The number of ether oxygens (including phenoxy) is 2. The molecule has 1 aromatic carbocycles. The van der Waals surface area contributed by atoms with Crippen LogP contribution in [0.25, 0.3) is 0 Å². The van der Waals surface area contributed by atoms with Crippen LogP contribution in [-0.2, 0) is 20.7 Å². The fourth-order valence-corrected chi connectivity index (χ4v) is 1.96. The molecule has 17 heavy (non-hydrogen) atoms. The molecule has 0 amide bonds. The predicted octanol–water partition coefficient (Wildman–Crippen LogP) is 2.52. The summed E-state index contributed by atoms with van der Waals surface area (Å²) in [7, 11) is 0. The zero-order valence-electron chi connectivity index (χ0n) is 9.12. The molecule has 1 aliphatic heterocycles. The Kier molecular flexibility index (Phi) is 4.40. The summed E-state index contributed by atoms with van der Waals surface area (Å²) >= 11 is 11.7.